The summed E-state index contributed by atoms with van der Waals surface area (Å²) >= 11 is 0. The average Bonchev–Trinajstić information content (AvgIpc) is 3.54. The largest absolute Gasteiger partial charge is 0.475 e. The summed E-state index contributed by atoms with van der Waals surface area (Å²) < 4.78 is 7.42. The molecule has 2 N–H and O–H groups in total. The maximum Gasteiger partial charge on any atom is 0.374 e. The number of aromatic nitrogens is 2. The molecule has 0 aliphatic heterocycles. The van der Waals surface area contributed by atoms with E-state index >= 15 is 0 Å². The van der Waals surface area contributed by atoms with Crippen molar-refractivity contribution >= 4 is 28.5 Å². The number of hydrogen-bond acceptors (Lipinski definition) is 4. The van der Waals surface area contributed by atoms with Crippen molar-refractivity contribution in [2.45, 2.75) is 46.0 Å². The van der Waals surface area contributed by atoms with Gasteiger partial charge in [0.15, 0.2) is 0 Å². The lowest BCUT2D eigenvalue weighted by atomic mass is 9.87. The molecule has 5 rings (SSSR count). The first-order valence-electron chi connectivity index (χ1n) is 12.9. The van der Waals surface area contributed by atoms with E-state index in [-0.39, 0.29) is 16.9 Å². The van der Waals surface area contributed by atoms with Gasteiger partial charge in [-0.2, -0.15) is 5.10 Å². The number of aromatic carboxylic acids is 1. The molecule has 1 amide bonds. The molecular weight excluding hydrogens is 490 g/mol. The maximum atomic E-state index is 13.1. The molecule has 0 atom stereocenters. The van der Waals surface area contributed by atoms with Crippen LogP contribution in [0.3, 0.4) is 0 Å². The fourth-order valence-corrected chi connectivity index (χ4v) is 4.48. The van der Waals surface area contributed by atoms with Crippen LogP contribution in [0.1, 0.15) is 72.6 Å². The lowest BCUT2D eigenvalue weighted by Gasteiger charge is -2.19. The number of carbonyl (C=O) groups excluding carboxylic acids is 1. The number of benzene rings is 3. The number of furan rings is 1. The smallest absolute Gasteiger partial charge is 0.374 e. The van der Waals surface area contributed by atoms with Crippen molar-refractivity contribution in [3.05, 3.63) is 102 Å². The lowest BCUT2D eigenvalue weighted by molar-refractivity contribution is 0.0666. The monoisotopic (exact) mass is 521 g/mol. The first-order valence-corrected chi connectivity index (χ1v) is 12.9. The molecule has 3 aromatic carbocycles. The Morgan fingerprint density at radius 3 is 2.26 bits per heavy atom. The fraction of sp³-hybridized carbons (Fsp3) is 0.219. The van der Waals surface area contributed by atoms with Crippen LogP contribution in [0.4, 0.5) is 5.69 Å². The van der Waals surface area contributed by atoms with Crippen LogP contribution in [0.2, 0.25) is 0 Å². The van der Waals surface area contributed by atoms with Crippen molar-refractivity contribution in [1.82, 2.24) is 9.78 Å². The standard InChI is InChI=1S/C32H31N3O4/c1-19(2)20-8-13-25(14-9-20)35-18-23(17-33-35)22-10-15-27-26(16-22)28(29(39-27)31(37)38)34-30(36)21-6-11-24(12-7-21)32(3,4)5/h6-19H,1-5H3,(H,34,36)(H,37,38). The van der Waals surface area contributed by atoms with Gasteiger partial charge < -0.3 is 14.8 Å². The van der Waals surface area contributed by atoms with Crippen LogP contribution in [0.25, 0.3) is 27.8 Å². The number of amides is 1. The van der Waals surface area contributed by atoms with Crippen LogP contribution < -0.4 is 5.32 Å². The van der Waals surface area contributed by atoms with Crippen molar-refractivity contribution in [2.24, 2.45) is 0 Å². The molecule has 0 fully saturated rings. The molecule has 2 heterocycles. The number of anilines is 1. The van der Waals surface area contributed by atoms with Crippen molar-refractivity contribution in [3.63, 3.8) is 0 Å². The van der Waals surface area contributed by atoms with E-state index in [1.54, 1.807) is 29.1 Å². The second kappa shape index (κ2) is 9.91. The summed E-state index contributed by atoms with van der Waals surface area (Å²) in [5.74, 6) is -1.54. The molecule has 7 nitrogen and oxygen atoms in total. The first-order chi connectivity index (χ1) is 18.5. The van der Waals surface area contributed by atoms with Gasteiger partial charge in [-0.3, -0.25) is 4.79 Å². The number of rotatable bonds is 6. The van der Waals surface area contributed by atoms with Crippen LogP contribution in [-0.2, 0) is 5.41 Å². The van der Waals surface area contributed by atoms with Gasteiger partial charge in [-0.05, 0) is 64.4 Å². The Labute approximate surface area is 227 Å². The number of carbonyl (C=O) groups is 2. The number of fused-ring (bicyclic) bond motifs is 1. The van der Waals surface area contributed by atoms with Crippen LogP contribution in [0.5, 0.6) is 0 Å². The molecule has 5 aromatic rings. The van der Waals surface area contributed by atoms with E-state index in [9.17, 15) is 14.7 Å². The Morgan fingerprint density at radius 1 is 0.949 bits per heavy atom. The van der Waals surface area contributed by atoms with Crippen LogP contribution >= 0.6 is 0 Å². The lowest BCUT2D eigenvalue weighted by Crippen LogP contribution is -2.15. The number of carboxylic acid groups (broad SMARTS) is 1. The third kappa shape index (κ3) is 5.21. The minimum absolute atomic E-state index is 0.0476. The zero-order valence-corrected chi connectivity index (χ0v) is 22.6. The molecule has 0 radical (unpaired) electrons. The van der Waals surface area contributed by atoms with Gasteiger partial charge in [0, 0.05) is 22.7 Å². The van der Waals surface area contributed by atoms with Crippen LogP contribution in [0.15, 0.2) is 83.5 Å². The molecule has 7 heteroatoms. The van der Waals surface area contributed by atoms with E-state index in [0.29, 0.717) is 22.5 Å². The minimum Gasteiger partial charge on any atom is -0.475 e. The Kier molecular flexibility index (Phi) is 6.60. The summed E-state index contributed by atoms with van der Waals surface area (Å²) in [4.78, 5) is 25.1. The third-order valence-corrected chi connectivity index (χ3v) is 6.87. The zero-order valence-electron chi connectivity index (χ0n) is 22.6. The van der Waals surface area contributed by atoms with Crippen molar-refractivity contribution in [1.29, 1.82) is 0 Å². The van der Waals surface area contributed by atoms with E-state index < -0.39 is 11.9 Å². The van der Waals surface area contributed by atoms with Crippen LogP contribution in [0, 0.1) is 0 Å². The Morgan fingerprint density at radius 2 is 1.64 bits per heavy atom. The van der Waals surface area contributed by atoms with Gasteiger partial charge in [0.05, 0.1) is 11.9 Å². The highest BCUT2D eigenvalue weighted by molar-refractivity contribution is 6.13. The molecule has 0 aliphatic rings. The third-order valence-electron chi connectivity index (χ3n) is 6.87. The van der Waals surface area contributed by atoms with Gasteiger partial charge in [-0.25, -0.2) is 9.48 Å². The highest BCUT2D eigenvalue weighted by atomic mass is 16.4. The Bertz CT molecular complexity index is 1670. The first kappa shape index (κ1) is 26.0. The molecule has 198 valence electrons. The number of hydrogen-bond donors (Lipinski definition) is 2. The molecule has 39 heavy (non-hydrogen) atoms. The molecule has 0 bridgehead atoms. The second-order valence-corrected chi connectivity index (χ2v) is 11.0. The summed E-state index contributed by atoms with van der Waals surface area (Å²) in [6.07, 6.45) is 3.67. The summed E-state index contributed by atoms with van der Waals surface area (Å²) in [5.41, 5.74) is 5.82. The number of nitrogens with one attached hydrogen (secondary N) is 1. The van der Waals surface area contributed by atoms with Crippen molar-refractivity contribution < 1.29 is 19.1 Å². The fourth-order valence-electron chi connectivity index (χ4n) is 4.48. The molecule has 2 aromatic heterocycles. The normalized spacial score (nSPS) is 11.7. The predicted molar refractivity (Wildman–Crippen MR) is 153 cm³/mol. The number of nitrogens with zero attached hydrogens (tertiary/aromatic N) is 2. The van der Waals surface area contributed by atoms with Gasteiger partial charge in [-0.1, -0.05) is 65.0 Å². The molecule has 0 saturated carbocycles. The topological polar surface area (TPSA) is 97.4 Å². The van der Waals surface area contributed by atoms with Crippen LogP contribution in [-0.4, -0.2) is 26.8 Å². The van der Waals surface area contributed by atoms with E-state index in [4.69, 9.17) is 4.42 Å². The van der Waals surface area contributed by atoms with E-state index in [0.717, 1.165) is 22.4 Å². The molecule has 0 saturated heterocycles. The van der Waals surface area contributed by atoms with E-state index in [1.807, 2.05) is 42.6 Å². The van der Waals surface area contributed by atoms with Gasteiger partial charge in [0.25, 0.3) is 5.91 Å². The van der Waals surface area contributed by atoms with E-state index in [2.05, 4.69) is 57.2 Å². The highest BCUT2D eigenvalue weighted by Crippen LogP contribution is 2.35. The molecule has 0 aliphatic carbocycles. The summed E-state index contributed by atoms with van der Waals surface area (Å²) in [7, 11) is 0. The van der Waals surface area contributed by atoms with Gasteiger partial charge in [-0.15, -0.1) is 0 Å². The molecule has 0 spiro atoms. The maximum absolute atomic E-state index is 13.1. The SMILES string of the molecule is CC(C)c1ccc(-n2cc(-c3ccc4oc(C(=O)O)c(NC(=O)c5ccc(C(C)(C)C)cc5)c4c3)cn2)cc1. The predicted octanol–water partition coefficient (Wildman–Crippen LogP) is 7.66. The summed E-state index contributed by atoms with van der Waals surface area (Å²) in [6, 6.07) is 20.9. The Hall–Kier alpha value is -4.65. The highest BCUT2D eigenvalue weighted by Gasteiger charge is 2.23. The Balaban J connectivity index is 1.47. The van der Waals surface area contributed by atoms with Gasteiger partial charge in [0.1, 0.15) is 11.3 Å². The minimum atomic E-state index is -1.26. The van der Waals surface area contributed by atoms with Gasteiger partial charge in [0.2, 0.25) is 5.76 Å². The second-order valence-electron chi connectivity index (χ2n) is 11.0. The number of carboxylic acids is 1. The van der Waals surface area contributed by atoms with Gasteiger partial charge >= 0.3 is 5.97 Å². The molecular formula is C32H31N3O4. The molecule has 0 unspecified atom stereocenters. The van der Waals surface area contributed by atoms with E-state index in [1.165, 1.54) is 5.56 Å². The average molecular weight is 522 g/mol. The van der Waals surface area contributed by atoms with Crippen molar-refractivity contribution in [2.75, 3.05) is 5.32 Å². The zero-order chi connectivity index (χ0) is 27.9. The summed E-state index contributed by atoms with van der Waals surface area (Å²) in [6.45, 7) is 10.6. The van der Waals surface area contributed by atoms with Crippen molar-refractivity contribution in [3.8, 4) is 16.8 Å². The quantitative estimate of drug-likeness (QED) is 0.239. The summed E-state index contributed by atoms with van der Waals surface area (Å²) in [5, 5.41) is 17.6.